The van der Waals surface area contributed by atoms with Gasteiger partial charge in [0.1, 0.15) is 11.3 Å². The molecule has 1 saturated heterocycles. The van der Waals surface area contributed by atoms with Crippen molar-refractivity contribution in [3.05, 3.63) is 36.3 Å². The van der Waals surface area contributed by atoms with E-state index in [2.05, 4.69) is 25.6 Å². The van der Waals surface area contributed by atoms with E-state index in [1.807, 2.05) is 7.05 Å². The molecule has 1 aliphatic rings. The Morgan fingerprint density at radius 1 is 1.20 bits per heavy atom. The van der Waals surface area contributed by atoms with E-state index in [0.717, 1.165) is 26.1 Å². The Hall–Kier alpha value is -2.74. The number of nitrogens with one attached hydrogen (secondary N) is 2. The summed E-state index contributed by atoms with van der Waals surface area (Å²) in [7, 11) is 1.84. The molecule has 2 N–H and O–H groups in total. The number of nitrogens with zero attached hydrogens (tertiary/aromatic N) is 4. The number of benzene rings is 1. The van der Waals surface area contributed by atoms with Crippen LogP contribution < -0.4 is 10.6 Å². The number of rotatable bonds is 4. The molecule has 1 fully saturated rings. The maximum Gasteiger partial charge on any atom is 0.224 e. The highest BCUT2D eigenvalue weighted by atomic mass is 19.1. The first kappa shape index (κ1) is 15.8. The zero-order valence-electron chi connectivity index (χ0n) is 13.9. The molecule has 7 nitrogen and oxygen atoms in total. The molecule has 0 unspecified atom stereocenters. The van der Waals surface area contributed by atoms with E-state index >= 15 is 0 Å². The lowest BCUT2D eigenvalue weighted by atomic mass is 10.1. The lowest BCUT2D eigenvalue weighted by Gasteiger charge is -2.22. The zero-order valence-corrected chi connectivity index (χ0v) is 13.9. The molecule has 4 rings (SSSR count). The predicted molar refractivity (Wildman–Crippen MR) is 93.5 cm³/mol. The van der Waals surface area contributed by atoms with Gasteiger partial charge in [0.25, 0.3) is 0 Å². The summed E-state index contributed by atoms with van der Waals surface area (Å²) in [4.78, 5) is 13.3. The third kappa shape index (κ3) is 3.25. The number of fused-ring (bicyclic) bond motifs is 1. The van der Waals surface area contributed by atoms with E-state index in [4.69, 9.17) is 4.74 Å². The number of ether oxygens (including phenoxy) is 1. The molecule has 0 amide bonds. The van der Waals surface area contributed by atoms with Gasteiger partial charge < -0.3 is 15.4 Å². The number of aromatic nitrogens is 4. The molecule has 0 saturated carbocycles. The van der Waals surface area contributed by atoms with Gasteiger partial charge in [0, 0.05) is 26.3 Å². The fraction of sp³-hybridized carbons (Fsp3) is 0.353. The molecule has 1 aromatic carbocycles. The lowest BCUT2D eigenvalue weighted by molar-refractivity contribution is 0.0903. The van der Waals surface area contributed by atoms with Gasteiger partial charge in [-0.25, -0.2) is 14.4 Å². The van der Waals surface area contributed by atoms with Gasteiger partial charge >= 0.3 is 0 Å². The number of para-hydroxylation sites is 1. The van der Waals surface area contributed by atoms with Gasteiger partial charge in [-0.05, 0) is 25.0 Å². The molecule has 1 aliphatic heterocycles. The first-order valence-corrected chi connectivity index (χ1v) is 8.26. The monoisotopic (exact) mass is 342 g/mol. The van der Waals surface area contributed by atoms with Crippen molar-refractivity contribution < 1.29 is 9.13 Å². The second-order valence-electron chi connectivity index (χ2n) is 6.03. The molecule has 0 bridgehead atoms. The van der Waals surface area contributed by atoms with Crippen molar-refractivity contribution in [1.82, 2.24) is 19.5 Å². The Balaban J connectivity index is 1.60. The maximum atomic E-state index is 13.8. The molecule has 25 heavy (non-hydrogen) atoms. The molecular weight excluding hydrogens is 323 g/mol. The van der Waals surface area contributed by atoms with Gasteiger partial charge in [-0.3, -0.25) is 4.57 Å². The molecule has 8 heteroatoms. The molecule has 3 aromatic rings. The summed E-state index contributed by atoms with van der Waals surface area (Å²) in [5.41, 5.74) is 1.71. The first-order chi connectivity index (χ1) is 12.2. The van der Waals surface area contributed by atoms with Crippen LogP contribution in [-0.2, 0) is 11.8 Å². The number of hydrogen-bond acceptors (Lipinski definition) is 6. The number of imidazole rings is 1. The second-order valence-corrected chi connectivity index (χ2v) is 6.03. The number of aryl methyl sites for hydroxylation is 1. The van der Waals surface area contributed by atoms with Crippen LogP contribution in [0.3, 0.4) is 0 Å². The Morgan fingerprint density at radius 3 is 2.80 bits per heavy atom. The van der Waals surface area contributed by atoms with Crippen LogP contribution in [-0.4, -0.2) is 38.8 Å². The van der Waals surface area contributed by atoms with E-state index in [1.54, 1.807) is 29.0 Å². The Morgan fingerprint density at radius 2 is 2.00 bits per heavy atom. The molecule has 3 heterocycles. The number of halogens is 1. The fourth-order valence-electron chi connectivity index (χ4n) is 2.87. The van der Waals surface area contributed by atoms with E-state index in [1.165, 1.54) is 6.07 Å². The summed E-state index contributed by atoms with van der Waals surface area (Å²) in [5.74, 6) is 0.750. The predicted octanol–water partition coefficient (Wildman–Crippen LogP) is 2.84. The van der Waals surface area contributed by atoms with E-state index < -0.39 is 0 Å². The molecular formula is C17H19FN6O. The third-order valence-electron chi connectivity index (χ3n) is 4.29. The summed E-state index contributed by atoms with van der Waals surface area (Å²) in [5, 5.41) is 6.35. The van der Waals surface area contributed by atoms with Crippen molar-refractivity contribution in [2.45, 2.75) is 18.9 Å². The molecule has 2 aromatic heterocycles. The van der Waals surface area contributed by atoms with Gasteiger partial charge in [0.15, 0.2) is 5.65 Å². The largest absolute Gasteiger partial charge is 0.381 e. The summed E-state index contributed by atoms with van der Waals surface area (Å²) < 4.78 is 21.0. The van der Waals surface area contributed by atoms with Crippen molar-refractivity contribution in [3.63, 3.8) is 0 Å². The van der Waals surface area contributed by atoms with Gasteiger partial charge in [0.05, 0.1) is 11.9 Å². The van der Waals surface area contributed by atoms with Crippen molar-refractivity contribution in [2.24, 2.45) is 7.05 Å². The van der Waals surface area contributed by atoms with Crippen LogP contribution in [0.4, 0.5) is 22.0 Å². The molecule has 0 radical (unpaired) electrons. The quantitative estimate of drug-likeness (QED) is 0.759. The number of anilines is 3. The van der Waals surface area contributed by atoms with E-state index in [-0.39, 0.29) is 5.82 Å². The van der Waals surface area contributed by atoms with E-state index in [0.29, 0.717) is 34.8 Å². The van der Waals surface area contributed by atoms with Gasteiger partial charge in [-0.1, -0.05) is 12.1 Å². The van der Waals surface area contributed by atoms with Gasteiger partial charge in [0.2, 0.25) is 11.9 Å². The third-order valence-corrected chi connectivity index (χ3v) is 4.29. The minimum Gasteiger partial charge on any atom is -0.381 e. The lowest BCUT2D eigenvalue weighted by Crippen LogP contribution is -2.28. The Labute approximate surface area is 144 Å². The van der Waals surface area contributed by atoms with Crippen molar-refractivity contribution in [1.29, 1.82) is 0 Å². The maximum absolute atomic E-state index is 13.8. The van der Waals surface area contributed by atoms with Crippen LogP contribution in [0.2, 0.25) is 0 Å². The average molecular weight is 342 g/mol. The van der Waals surface area contributed by atoms with Crippen molar-refractivity contribution in [3.8, 4) is 0 Å². The Bertz CT molecular complexity index is 890. The zero-order chi connectivity index (χ0) is 17.2. The van der Waals surface area contributed by atoms with Crippen LogP contribution in [0.15, 0.2) is 30.5 Å². The van der Waals surface area contributed by atoms with Crippen molar-refractivity contribution in [2.75, 3.05) is 23.8 Å². The summed E-state index contributed by atoms with van der Waals surface area (Å²) >= 11 is 0. The van der Waals surface area contributed by atoms with Crippen LogP contribution >= 0.6 is 0 Å². The first-order valence-electron chi connectivity index (χ1n) is 8.26. The highest BCUT2D eigenvalue weighted by Crippen LogP contribution is 2.23. The SMILES string of the molecule is Cn1c(Nc2ccccc2F)nc2cnc(NC3CCOCC3)nc21. The van der Waals surface area contributed by atoms with Crippen molar-refractivity contribution >= 4 is 28.7 Å². The highest BCUT2D eigenvalue weighted by Gasteiger charge is 2.16. The molecule has 0 atom stereocenters. The smallest absolute Gasteiger partial charge is 0.224 e. The standard InChI is InChI=1S/C17H19FN6O/c1-24-15-14(22-17(24)21-13-5-3-2-4-12(13)18)10-19-16(23-15)20-11-6-8-25-9-7-11/h2-5,10-11H,6-9H2,1H3,(H,21,22)(H,19,20,23). The van der Waals surface area contributed by atoms with Gasteiger partial charge in [-0.2, -0.15) is 4.98 Å². The Kier molecular flexibility index (Phi) is 4.19. The average Bonchev–Trinajstić information content (AvgIpc) is 2.94. The van der Waals surface area contributed by atoms with Crippen LogP contribution in [0.25, 0.3) is 11.2 Å². The van der Waals surface area contributed by atoms with Crippen LogP contribution in [0, 0.1) is 5.82 Å². The summed E-state index contributed by atoms with van der Waals surface area (Å²) in [6, 6.07) is 6.80. The summed E-state index contributed by atoms with van der Waals surface area (Å²) in [6.45, 7) is 1.50. The van der Waals surface area contributed by atoms with Crippen LogP contribution in [0.1, 0.15) is 12.8 Å². The molecule has 0 spiro atoms. The fourth-order valence-corrected chi connectivity index (χ4v) is 2.87. The van der Waals surface area contributed by atoms with Crippen LogP contribution in [0.5, 0.6) is 0 Å². The van der Waals surface area contributed by atoms with E-state index in [9.17, 15) is 4.39 Å². The topological polar surface area (TPSA) is 76.9 Å². The highest BCUT2D eigenvalue weighted by molar-refractivity contribution is 5.76. The second kappa shape index (κ2) is 6.64. The summed E-state index contributed by atoms with van der Waals surface area (Å²) in [6.07, 6.45) is 3.55. The molecule has 0 aliphatic carbocycles. The normalized spacial score (nSPS) is 15.4. The minimum absolute atomic E-state index is 0.315. The molecule has 130 valence electrons. The minimum atomic E-state index is -0.331. The van der Waals surface area contributed by atoms with Gasteiger partial charge in [-0.15, -0.1) is 0 Å². The number of hydrogen-bond donors (Lipinski definition) is 2.